The van der Waals surface area contributed by atoms with Gasteiger partial charge < -0.3 is 75.0 Å². The highest BCUT2D eigenvalue weighted by Crippen LogP contribution is 2.32. The van der Waals surface area contributed by atoms with Crippen molar-refractivity contribution in [1.82, 2.24) is 5.32 Å². The number of carbonyl (C=O) groups excluding carboxylic acids is 1. The summed E-state index contributed by atoms with van der Waals surface area (Å²) in [4.78, 5) is 11.6. The normalized spacial score (nSPS) is 50.0. The number of nitrogens with one attached hydrogen (secondary N) is 1. The van der Waals surface area contributed by atoms with E-state index in [0.29, 0.717) is 0 Å². The molecule has 0 aliphatic carbocycles. The van der Waals surface area contributed by atoms with Crippen molar-refractivity contribution in [3.63, 3.8) is 0 Å². The third-order valence-corrected chi connectivity index (χ3v) is 6.45. The Kier molecular flexibility index (Phi) is 9.97. The van der Waals surface area contributed by atoms with Crippen LogP contribution in [0.3, 0.4) is 0 Å². The molecule has 3 aliphatic rings. The molecule has 15 atom stereocenters. The first-order valence-electron chi connectivity index (χ1n) is 11.4. The highest BCUT2D eigenvalue weighted by atomic mass is 16.7. The molecular formula is C20H35NO15. The van der Waals surface area contributed by atoms with Gasteiger partial charge in [-0.3, -0.25) is 4.79 Å². The topological polar surface area (TPSA) is 257 Å². The van der Waals surface area contributed by atoms with Gasteiger partial charge >= 0.3 is 0 Å². The van der Waals surface area contributed by atoms with Gasteiger partial charge in [0.25, 0.3) is 0 Å². The van der Waals surface area contributed by atoms with Crippen LogP contribution in [0.15, 0.2) is 0 Å². The first-order valence-corrected chi connectivity index (χ1v) is 11.4. The number of aliphatic hydroxyl groups is 9. The summed E-state index contributed by atoms with van der Waals surface area (Å²) in [5.74, 6) is -0.615. The van der Waals surface area contributed by atoms with E-state index in [2.05, 4.69) is 5.32 Å². The van der Waals surface area contributed by atoms with Crippen LogP contribution in [-0.4, -0.2) is 157 Å². The molecule has 0 aromatic heterocycles. The van der Waals surface area contributed by atoms with Crippen LogP contribution in [0.2, 0.25) is 0 Å². The third kappa shape index (κ3) is 5.97. The SMILES string of the molecule is CC(=O)N[C@H]1[C@H](O[C@H]2[C@@H](O)[C@@H](C)O[C@@H](O[C@H]3[C@H](O)[C@@H](O)[C@H](O)O[C@@H]3CO)[C@@H]2O)O[C@H](CO)[C@@H](O)[C@@H]1O. The van der Waals surface area contributed by atoms with Gasteiger partial charge in [-0.2, -0.15) is 0 Å². The van der Waals surface area contributed by atoms with Crippen LogP contribution in [0.1, 0.15) is 13.8 Å². The molecule has 0 bridgehead atoms. The lowest BCUT2D eigenvalue weighted by Gasteiger charge is -2.48. The number of rotatable bonds is 7. The first-order chi connectivity index (χ1) is 16.9. The van der Waals surface area contributed by atoms with Crippen LogP contribution in [0, 0.1) is 0 Å². The molecule has 3 aliphatic heterocycles. The van der Waals surface area contributed by atoms with E-state index in [-0.39, 0.29) is 0 Å². The van der Waals surface area contributed by atoms with Crippen LogP contribution < -0.4 is 5.32 Å². The second-order valence-corrected chi connectivity index (χ2v) is 9.05. The van der Waals surface area contributed by atoms with E-state index in [1.807, 2.05) is 0 Å². The van der Waals surface area contributed by atoms with Crippen molar-refractivity contribution in [2.75, 3.05) is 13.2 Å². The highest BCUT2D eigenvalue weighted by molar-refractivity contribution is 5.73. The van der Waals surface area contributed by atoms with Gasteiger partial charge in [-0.15, -0.1) is 0 Å². The van der Waals surface area contributed by atoms with Gasteiger partial charge in [0.05, 0.1) is 19.3 Å². The Morgan fingerprint density at radius 3 is 1.92 bits per heavy atom. The molecule has 0 unspecified atom stereocenters. The first kappa shape index (κ1) is 29.5. The molecule has 0 saturated carbocycles. The minimum atomic E-state index is -1.80. The molecule has 3 rings (SSSR count). The van der Waals surface area contributed by atoms with E-state index >= 15 is 0 Å². The van der Waals surface area contributed by atoms with Crippen molar-refractivity contribution in [3.05, 3.63) is 0 Å². The molecule has 0 aromatic carbocycles. The summed E-state index contributed by atoms with van der Waals surface area (Å²) in [6.07, 6.45) is -21.8. The van der Waals surface area contributed by atoms with Crippen LogP contribution in [0.25, 0.3) is 0 Å². The largest absolute Gasteiger partial charge is 0.394 e. The fraction of sp³-hybridized carbons (Fsp3) is 0.950. The van der Waals surface area contributed by atoms with E-state index in [4.69, 9.17) is 23.7 Å². The number of hydrogen-bond acceptors (Lipinski definition) is 15. The number of ether oxygens (including phenoxy) is 5. The zero-order chi connectivity index (χ0) is 26.9. The Morgan fingerprint density at radius 2 is 1.33 bits per heavy atom. The second-order valence-electron chi connectivity index (χ2n) is 9.05. The van der Waals surface area contributed by atoms with Gasteiger partial charge in [0.15, 0.2) is 18.9 Å². The van der Waals surface area contributed by atoms with Crippen molar-refractivity contribution >= 4 is 5.91 Å². The van der Waals surface area contributed by atoms with Gasteiger partial charge in [-0.05, 0) is 6.92 Å². The van der Waals surface area contributed by atoms with Crippen molar-refractivity contribution < 1.29 is 74.4 Å². The molecule has 210 valence electrons. The average Bonchev–Trinajstić information content (AvgIpc) is 2.83. The summed E-state index contributed by atoms with van der Waals surface area (Å²) in [6, 6.07) is -1.36. The molecule has 16 nitrogen and oxygen atoms in total. The zero-order valence-corrected chi connectivity index (χ0v) is 19.5. The van der Waals surface area contributed by atoms with Crippen LogP contribution in [-0.2, 0) is 28.5 Å². The zero-order valence-electron chi connectivity index (χ0n) is 19.5. The van der Waals surface area contributed by atoms with Gasteiger partial charge in [0.2, 0.25) is 5.91 Å². The fourth-order valence-electron chi connectivity index (χ4n) is 4.40. The van der Waals surface area contributed by atoms with Crippen molar-refractivity contribution in [2.45, 2.75) is 106 Å². The molecule has 36 heavy (non-hydrogen) atoms. The second kappa shape index (κ2) is 12.2. The summed E-state index contributed by atoms with van der Waals surface area (Å²) < 4.78 is 27.3. The summed E-state index contributed by atoms with van der Waals surface area (Å²) in [6.45, 7) is 1.09. The summed E-state index contributed by atoms with van der Waals surface area (Å²) in [7, 11) is 0. The smallest absolute Gasteiger partial charge is 0.217 e. The molecule has 3 fully saturated rings. The number of amides is 1. The monoisotopic (exact) mass is 529 g/mol. The van der Waals surface area contributed by atoms with Crippen molar-refractivity contribution in [1.29, 1.82) is 0 Å². The van der Waals surface area contributed by atoms with E-state index in [9.17, 15) is 50.8 Å². The van der Waals surface area contributed by atoms with E-state index < -0.39 is 111 Å². The predicted molar refractivity (Wildman–Crippen MR) is 111 cm³/mol. The molecular weight excluding hydrogens is 494 g/mol. The predicted octanol–water partition coefficient (Wildman–Crippen LogP) is -6.40. The molecule has 16 heteroatoms. The standard InChI is InChI=1S/C20H35NO15/c1-5-10(25)17(36-19-9(21-6(2)24)12(27)11(26)7(3-22)34-19)15(30)20(32-5)35-16-8(4-23)33-18(31)14(29)13(16)28/h5,7-20,22-23,25-31H,3-4H2,1-2H3,(H,21,24)/t5-,7-,8-,9-,10+,11-,12-,13-,14-,15-,16-,17+,18-,19+,20+/m1/s1. The van der Waals surface area contributed by atoms with Crippen LogP contribution >= 0.6 is 0 Å². The Bertz CT molecular complexity index is 729. The molecule has 10 N–H and O–H groups in total. The fourth-order valence-corrected chi connectivity index (χ4v) is 4.40. The van der Waals surface area contributed by atoms with Crippen LogP contribution in [0.5, 0.6) is 0 Å². The van der Waals surface area contributed by atoms with Gasteiger partial charge in [-0.1, -0.05) is 0 Å². The number of carbonyl (C=O) groups is 1. The third-order valence-electron chi connectivity index (χ3n) is 6.45. The summed E-state index contributed by atoms with van der Waals surface area (Å²) >= 11 is 0. The Balaban J connectivity index is 1.80. The quantitative estimate of drug-likeness (QED) is 0.147. The Hall–Kier alpha value is -1.09. The summed E-state index contributed by atoms with van der Waals surface area (Å²) in [5.41, 5.74) is 0. The number of aliphatic hydroxyl groups excluding tert-OH is 9. The molecule has 1 amide bonds. The Morgan fingerprint density at radius 1 is 0.722 bits per heavy atom. The highest BCUT2D eigenvalue weighted by Gasteiger charge is 2.53. The van der Waals surface area contributed by atoms with E-state index in [0.717, 1.165) is 6.92 Å². The lowest BCUT2D eigenvalue weighted by molar-refractivity contribution is -0.369. The maximum atomic E-state index is 11.6. The maximum Gasteiger partial charge on any atom is 0.217 e. The van der Waals surface area contributed by atoms with Gasteiger partial charge in [-0.25, -0.2) is 0 Å². The van der Waals surface area contributed by atoms with Crippen molar-refractivity contribution in [3.8, 4) is 0 Å². The maximum absolute atomic E-state index is 11.6. The minimum absolute atomic E-state index is 0.615. The van der Waals surface area contributed by atoms with E-state index in [1.165, 1.54) is 6.92 Å². The van der Waals surface area contributed by atoms with Gasteiger partial charge in [0, 0.05) is 6.92 Å². The minimum Gasteiger partial charge on any atom is -0.394 e. The van der Waals surface area contributed by atoms with Crippen molar-refractivity contribution in [2.24, 2.45) is 0 Å². The summed E-state index contributed by atoms with van der Waals surface area (Å²) in [5, 5.41) is 93.4. The van der Waals surface area contributed by atoms with E-state index in [1.54, 1.807) is 0 Å². The Labute approximate surface area is 205 Å². The molecule has 0 spiro atoms. The van der Waals surface area contributed by atoms with Crippen LogP contribution in [0.4, 0.5) is 0 Å². The molecule has 3 saturated heterocycles. The molecule has 0 aromatic rings. The molecule has 3 heterocycles. The van der Waals surface area contributed by atoms with Gasteiger partial charge in [0.1, 0.15) is 67.1 Å². The lowest BCUT2D eigenvalue weighted by Crippen LogP contribution is -2.68. The number of hydrogen-bond donors (Lipinski definition) is 10. The lowest BCUT2D eigenvalue weighted by atomic mass is 9.95. The average molecular weight is 529 g/mol. The molecule has 0 radical (unpaired) electrons.